The van der Waals surface area contributed by atoms with Crippen molar-refractivity contribution in [3.63, 3.8) is 0 Å². The van der Waals surface area contributed by atoms with Crippen LogP contribution in [0.4, 0.5) is 4.39 Å². The van der Waals surface area contributed by atoms with Crippen LogP contribution in [0, 0.1) is 5.82 Å². The van der Waals surface area contributed by atoms with Gasteiger partial charge in [-0.3, -0.25) is 4.79 Å². The van der Waals surface area contributed by atoms with E-state index in [1.54, 1.807) is 0 Å². The number of rotatable bonds is 4. The van der Waals surface area contributed by atoms with Gasteiger partial charge in [0.2, 0.25) is 10.0 Å². The third-order valence-corrected chi connectivity index (χ3v) is 7.48. The molecule has 0 bridgehead atoms. The van der Waals surface area contributed by atoms with E-state index in [4.69, 9.17) is 11.6 Å². The predicted octanol–water partition coefficient (Wildman–Crippen LogP) is 0.379. The molecule has 2 aliphatic rings. The van der Waals surface area contributed by atoms with Crippen LogP contribution in [-0.4, -0.2) is 68.8 Å². The molecule has 1 amide bonds. The molecule has 2 heterocycles. The number of hydrogen-bond acceptors (Lipinski definition) is 3. The van der Waals surface area contributed by atoms with Crippen molar-refractivity contribution in [2.75, 3.05) is 39.3 Å². The van der Waals surface area contributed by atoms with Gasteiger partial charge in [0.25, 0.3) is 5.91 Å². The van der Waals surface area contributed by atoms with Gasteiger partial charge < -0.3 is 9.80 Å². The van der Waals surface area contributed by atoms with Gasteiger partial charge in [0, 0.05) is 13.1 Å². The summed E-state index contributed by atoms with van der Waals surface area (Å²) in [5.74, 6) is -0.492. The largest absolute Gasteiger partial charge is 0.338 e. The second-order valence-corrected chi connectivity index (χ2v) is 9.24. The molecule has 26 heavy (non-hydrogen) atoms. The Bertz CT molecular complexity index is 775. The number of piperazine rings is 1. The Balaban J connectivity index is 1.63. The van der Waals surface area contributed by atoms with E-state index < -0.39 is 15.8 Å². The van der Waals surface area contributed by atoms with Crippen LogP contribution in [-0.2, 0) is 14.8 Å². The minimum atomic E-state index is -3.71. The van der Waals surface area contributed by atoms with Crippen molar-refractivity contribution in [1.29, 1.82) is 0 Å². The normalized spacial score (nSPS) is 21.1. The van der Waals surface area contributed by atoms with Crippen molar-refractivity contribution in [2.24, 2.45) is 0 Å². The second kappa shape index (κ2) is 7.80. The molecule has 0 aromatic heterocycles. The highest BCUT2D eigenvalue weighted by Gasteiger charge is 2.36. The summed E-state index contributed by atoms with van der Waals surface area (Å²) in [5.41, 5.74) is 0. The van der Waals surface area contributed by atoms with E-state index in [1.165, 1.54) is 10.4 Å². The van der Waals surface area contributed by atoms with Crippen LogP contribution in [0.2, 0.25) is 5.02 Å². The fourth-order valence-corrected chi connectivity index (χ4v) is 5.33. The van der Waals surface area contributed by atoms with Crippen molar-refractivity contribution in [3.05, 3.63) is 29.0 Å². The van der Waals surface area contributed by atoms with Crippen molar-refractivity contribution in [3.8, 4) is 0 Å². The van der Waals surface area contributed by atoms with Crippen LogP contribution < -0.4 is 4.90 Å². The summed E-state index contributed by atoms with van der Waals surface area (Å²) in [7, 11) is -3.71. The van der Waals surface area contributed by atoms with Gasteiger partial charge in [0.05, 0.1) is 36.1 Å². The highest BCUT2D eigenvalue weighted by Crippen LogP contribution is 2.22. The third kappa shape index (κ3) is 3.88. The van der Waals surface area contributed by atoms with Gasteiger partial charge >= 0.3 is 0 Å². The van der Waals surface area contributed by atoms with Crippen LogP contribution in [0.25, 0.3) is 0 Å². The minimum Gasteiger partial charge on any atom is -0.338 e. The number of halogens is 2. The average molecular weight is 405 g/mol. The Labute approximate surface area is 158 Å². The lowest BCUT2D eigenvalue weighted by Gasteiger charge is -2.35. The number of carbonyl (C=O) groups excluding carboxylic acids is 1. The molecule has 0 saturated carbocycles. The molecule has 0 aliphatic carbocycles. The van der Waals surface area contributed by atoms with Crippen molar-refractivity contribution in [2.45, 2.75) is 30.7 Å². The summed E-state index contributed by atoms with van der Waals surface area (Å²) in [6.07, 6.45) is 2.11. The van der Waals surface area contributed by atoms with Crippen LogP contribution in [0.15, 0.2) is 23.1 Å². The van der Waals surface area contributed by atoms with Gasteiger partial charge in [0.1, 0.15) is 5.82 Å². The number of quaternary nitrogens is 1. The average Bonchev–Trinajstić information content (AvgIpc) is 3.17. The molecular weight excluding hydrogens is 381 g/mol. The maximum Gasteiger partial charge on any atom is 0.280 e. The number of hydrogen-bond donors (Lipinski definition) is 1. The monoisotopic (exact) mass is 404 g/mol. The third-order valence-electron chi connectivity index (χ3n) is 5.29. The first kappa shape index (κ1) is 19.5. The fraction of sp³-hybridized carbons (Fsp3) is 0.588. The van der Waals surface area contributed by atoms with Crippen LogP contribution in [0.3, 0.4) is 0 Å². The summed E-state index contributed by atoms with van der Waals surface area (Å²) >= 11 is 5.72. The number of benzene rings is 1. The highest BCUT2D eigenvalue weighted by molar-refractivity contribution is 7.89. The van der Waals surface area contributed by atoms with Crippen molar-refractivity contribution < 1.29 is 22.5 Å². The van der Waals surface area contributed by atoms with Crippen LogP contribution in [0.5, 0.6) is 0 Å². The van der Waals surface area contributed by atoms with Crippen LogP contribution in [0.1, 0.15) is 19.8 Å². The Morgan fingerprint density at radius 3 is 2.38 bits per heavy atom. The summed E-state index contributed by atoms with van der Waals surface area (Å²) in [6, 6.07) is 3.27. The van der Waals surface area contributed by atoms with Gasteiger partial charge in [-0.1, -0.05) is 11.6 Å². The van der Waals surface area contributed by atoms with E-state index in [-0.39, 0.29) is 21.9 Å². The first-order chi connectivity index (χ1) is 12.3. The van der Waals surface area contributed by atoms with Gasteiger partial charge in [-0.15, -0.1) is 0 Å². The Kier molecular flexibility index (Phi) is 5.86. The molecular formula is C17H24ClFN3O3S+. The smallest absolute Gasteiger partial charge is 0.280 e. The van der Waals surface area contributed by atoms with Crippen molar-refractivity contribution in [1.82, 2.24) is 9.21 Å². The maximum absolute atomic E-state index is 13.3. The summed E-state index contributed by atoms with van der Waals surface area (Å²) < 4.78 is 40.1. The Morgan fingerprint density at radius 2 is 1.81 bits per heavy atom. The molecule has 3 rings (SSSR count). The van der Waals surface area contributed by atoms with Gasteiger partial charge in [-0.2, -0.15) is 4.31 Å². The number of amides is 1. The van der Waals surface area contributed by atoms with E-state index >= 15 is 0 Å². The van der Waals surface area contributed by atoms with Gasteiger partial charge in [-0.05, 0) is 38.0 Å². The maximum atomic E-state index is 13.3. The lowest BCUT2D eigenvalue weighted by atomic mass is 10.2. The topological polar surface area (TPSA) is 62.1 Å². The standard InChI is InChI=1S/C17H23ClFN3O3S/c1-13(17(23)21-6-2-3-7-21)20-8-10-22(11-9-20)26(24,25)14-4-5-16(19)15(18)12-14/h4-5,12-13H,2-3,6-11H2,1H3/p+1/t13-/m0/s1. The second-order valence-electron chi connectivity index (χ2n) is 6.89. The first-order valence-corrected chi connectivity index (χ1v) is 10.7. The summed E-state index contributed by atoms with van der Waals surface area (Å²) in [4.78, 5) is 15.5. The lowest BCUT2D eigenvalue weighted by Crippen LogP contribution is -3.19. The molecule has 1 N–H and O–H groups in total. The zero-order valence-electron chi connectivity index (χ0n) is 14.7. The number of nitrogens with zero attached hydrogens (tertiary/aromatic N) is 2. The summed E-state index contributed by atoms with van der Waals surface area (Å²) in [6.45, 7) is 5.34. The molecule has 1 aromatic carbocycles. The molecule has 0 unspecified atom stereocenters. The van der Waals surface area contributed by atoms with E-state index in [0.29, 0.717) is 26.2 Å². The quantitative estimate of drug-likeness (QED) is 0.789. The molecule has 1 atom stereocenters. The minimum absolute atomic E-state index is 0.00598. The van der Waals surface area contributed by atoms with E-state index in [1.807, 2.05) is 11.8 Å². The number of nitrogens with one attached hydrogen (secondary N) is 1. The molecule has 2 saturated heterocycles. The van der Waals surface area contributed by atoms with Crippen molar-refractivity contribution >= 4 is 27.5 Å². The van der Waals surface area contributed by atoms with E-state index in [2.05, 4.69) is 0 Å². The molecule has 1 aromatic rings. The fourth-order valence-electron chi connectivity index (χ4n) is 3.62. The molecule has 2 aliphatic heterocycles. The van der Waals surface area contributed by atoms with Gasteiger partial charge in [0.15, 0.2) is 6.04 Å². The Morgan fingerprint density at radius 1 is 1.19 bits per heavy atom. The lowest BCUT2D eigenvalue weighted by molar-refractivity contribution is -0.918. The summed E-state index contributed by atoms with van der Waals surface area (Å²) in [5, 5.41) is -0.208. The van der Waals surface area contributed by atoms with E-state index in [9.17, 15) is 17.6 Å². The zero-order valence-corrected chi connectivity index (χ0v) is 16.3. The van der Waals surface area contributed by atoms with Gasteiger partial charge in [-0.25, -0.2) is 12.8 Å². The van der Waals surface area contributed by atoms with E-state index in [0.717, 1.165) is 43.0 Å². The Hall–Kier alpha value is -1.22. The predicted molar refractivity (Wildman–Crippen MR) is 96.1 cm³/mol. The number of carbonyl (C=O) groups is 1. The molecule has 0 spiro atoms. The zero-order chi connectivity index (χ0) is 18.9. The molecule has 2 fully saturated rings. The molecule has 6 nitrogen and oxygen atoms in total. The van der Waals surface area contributed by atoms with Crippen LogP contribution >= 0.6 is 11.6 Å². The highest BCUT2D eigenvalue weighted by atomic mass is 35.5. The molecule has 9 heteroatoms. The SMILES string of the molecule is C[C@@H](C(=O)N1CCCC1)[NH+]1CCN(S(=O)(=O)c2ccc(F)c(Cl)c2)CC1. The first-order valence-electron chi connectivity index (χ1n) is 8.89. The molecule has 144 valence electrons. The molecule has 0 radical (unpaired) electrons. The number of sulfonamides is 1. The number of likely N-dealkylation sites (tertiary alicyclic amines) is 1.